The molecular formula is C21H23ClFN5. The zero-order valence-electron chi connectivity index (χ0n) is 15.4. The van der Waals surface area contributed by atoms with Crippen molar-refractivity contribution >= 4 is 28.8 Å². The second-order valence-corrected chi connectivity index (χ2v) is 8.28. The van der Waals surface area contributed by atoms with Crippen molar-refractivity contribution in [2.24, 2.45) is 4.99 Å². The maximum Gasteiger partial charge on any atom is 0.127 e. The zero-order chi connectivity index (χ0) is 19.1. The van der Waals surface area contributed by atoms with E-state index in [0.29, 0.717) is 23.7 Å². The molecular weight excluding hydrogens is 377 g/mol. The minimum absolute atomic E-state index is 0.239. The van der Waals surface area contributed by atoms with Crippen molar-refractivity contribution in [3.05, 3.63) is 58.9 Å². The molecule has 0 bridgehead atoms. The highest BCUT2D eigenvalue weighted by Gasteiger charge is 2.47. The van der Waals surface area contributed by atoms with E-state index in [2.05, 4.69) is 21.3 Å². The van der Waals surface area contributed by atoms with Gasteiger partial charge < -0.3 is 21.3 Å². The number of halogens is 2. The van der Waals surface area contributed by atoms with E-state index in [0.717, 1.165) is 48.7 Å². The number of nitrogens with zero attached hydrogens (tertiary/aromatic N) is 1. The number of amidine groups is 1. The van der Waals surface area contributed by atoms with Crippen molar-refractivity contribution in [3.8, 4) is 0 Å². The van der Waals surface area contributed by atoms with Crippen molar-refractivity contribution in [2.75, 3.05) is 23.7 Å². The number of hydrogen-bond acceptors (Lipinski definition) is 4. The first-order valence-corrected chi connectivity index (χ1v) is 10.1. The van der Waals surface area contributed by atoms with Gasteiger partial charge in [0.1, 0.15) is 11.7 Å². The topological polar surface area (TPSA) is 70.4 Å². The average Bonchev–Trinajstić information content (AvgIpc) is 3.52. The lowest BCUT2D eigenvalue weighted by molar-refractivity contribution is 0.330. The van der Waals surface area contributed by atoms with Crippen LogP contribution < -0.4 is 21.3 Å². The lowest BCUT2D eigenvalue weighted by atomic mass is 9.80. The van der Waals surface area contributed by atoms with Gasteiger partial charge in [0.25, 0.3) is 0 Å². The quantitative estimate of drug-likeness (QED) is 0.597. The van der Waals surface area contributed by atoms with Crippen LogP contribution in [0.25, 0.3) is 0 Å². The van der Waals surface area contributed by atoms with Crippen molar-refractivity contribution in [1.29, 1.82) is 0 Å². The average molecular weight is 400 g/mol. The third-order valence-electron chi connectivity index (χ3n) is 5.82. The third-order valence-corrected chi connectivity index (χ3v) is 6.06. The molecule has 2 fully saturated rings. The van der Waals surface area contributed by atoms with E-state index >= 15 is 0 Å². The zero-order valence-corrected chi connectivity index (χ0v) is 16.2. The second kappa shape index (κ2) is 7.03. The molecule has 3 atom stereocenters. The first kappa shape index (κ1) is 17.9. The summed E-state index contributed by atoms with van der Waals surface area (Å²) in [6, 6.07) is 13.4. The van der Waals surface area contributed by atoms with E-state index in [4.69, 9.17) is 16.6 Å². The highest BCUT2D eigenvalue weighted by Crippen LogP contribution is 2.38. The van der Waals surface area contributed by atoms with Gasteiger partial charge in [-0.1, -0.05) is 23.7 Å². The predicted octanol–water partition coefficient (Wildman–Crippen LogP) is 3.38. The molecule has 3 aliphatic rings. The van der Waals surface area contributed by atoms with Crippen LogP contribution >= 0.6 is 11.6 Å². The molecule has 0 saturated carbocycles. The summed E-state index contributed by atoms with van der Waals surface area (Å²) in [6.07, 6.45) is 1.77. The van der Waals surface area contributed by atoms with Crippen LogP contribution in [0.3, 0.4) is 0 Å². The molecule has 5 rings (SSSR count). The molecule has 28 heavy (non-hydrogen) atoms. The molecule has 0 radical (unpaired) electrons. The summed E-state index contributed by atoms with van der Waals surface area (Å²) in [5.74, 6) is 0.676. The Morgan fingerprint density at radius 3 is 2.82 bits per heavy atom. The molecule has 0 aliphatic carbocycles. The van der Waals surface area contributed by atoms with Gasteiger partial charge in [-0.25, -0.2) is 4.39 Å². The number of anilines is 2. The molecule has 0 aromatic heterocycles. The van der Waals surface area contributed by atoms with E-state index in [1.807, 2.05) is 24.3 Å². The number of hydrogen-bond donors (Lipinski definition) is 4. The van der Waals surface area contributed by atoms with E-state index < -0.39 is 0 Å². The van der Waals surface area contributed by atoms with E-state index in [-0.39, 0.29) is 11.4 Å². The molecule has 2 saturated heterocycles. The van der Waals surface area contributed by atoms with Gasteiger partial charge in [-0.15, -0.1) is 0 Å². The number of fused-ring (bicyclic) bond motifs is 1. The van der Waals surface area contributed by atoms with Gasteiger partial charge in [-0.3, -0.25) is 4.99 Å². The van der Waals surface area contributed by atoms with E-state index in [1.165, 1.54) is 6.07 Å². The number of aliphatic imine (C=N–C) groups is 1. The lowest BCUT2D eigenvalue weighted by Crippen LogP contribution is -2.61. The maximum absolute atomic E-state index is 13.8. The number of nitrogens with one attached hydrogen (secondary N) is 4. The highest BCUT2D eigenvalue weighted by molar-refractivity contribution is 6.30. The Kier molecular flexibility index (Phi) is 4.50. The van der Waals surface area contributed by atoms with Crippen molar-refractivity contribution in [1.82, 2.24) is 10.6 Å². The monoisotopic (exact) mass is 399 g/mol. The Hall–Kier alpha value is -2.15. The first-order chi connectivity index (χ1) is 13.6. The Labute approximate surface area is 168 Å². The smallest absolute Gasteiger partial charge is 0.127 e. The summed E-state index contributed by atoms with van der Waals surface area (Å²) < 4.78 is 13.8. The fraction of sp³-hybridized carbons (Fsp3) is 0.381. The molecule has 3 unspecified atom stereocenters. The molecule has 3 aliphatic heterocycles. The van der Waals surface area contributed by atoms with Gasteiger partial charge in [-0.05, 0) is 55.3 Å². The molecule has 5 nitrogen and oxygen atoms in total. The van der Waals surface area contributed by atoms with Crippen LogP contribution in [0.1, 0.15) is 18.4 Å². The molecule has 146 valence electrons. The number of rotatable bonds is 3. The van der Waals surface area contributed by atoms with Gasteiger partial charge in [0, 0.05) is 23.7 Å². The van der Waals surface area contributed by atoms with Gasteiger partial charge in [0.05, 0.1) is 23.5 Å². The Morgan fingerprint density at radius 2 is 2.00 bits per heavy atom. The summed E-state index contributed by atoms with van der Waals surface area (Å²) >= 11 is 6.12. The maximum atomic E-state index is 13.8. The Morgan fingerprint density at radius 1 is 1.11 bits per heavy atom. The summed E-state index contributed by atoms with van der Waals surface area (Å²) in [5, 5.41) is 14.9. The van der Waals surface area contributed by atoms with Gasteiger partial charge >= 0.3 is 0 Å². The van der Waals surface area contributed by atoms with Crippen LogP contribution in [0.2, 0.25) is 5.02 Å². The normalized spacial score (nSPS) is 29.9. The van der Waals surface area contributed by atoms with Crippen molar-refractivity contribution in [2.45, 2.75) is 37.0 Å². The first-order valence-electron chi connectivity index (χ1n) is 9.72. The van der Waals surface area contributed by atoms with E-state index in [1.54, 1.807) is 12.1 Å². The largest absolute Gasteiger partial charge is 0.371 e. The molecule has 0 amide bonds. The summed E-state index contributed by atoms with van der Waals surface area (Å²) in [6.45, 7) is 2.47. The van der Waals surface area contributed by atoms with Crippen LogP contribution in [0.5, 0.6) is 0 Å². The molecule has 2 aromatic carbocycles. The standard InChI is InChI=1S/C21H23ClFN5/c22-14-3-1-2-13(8-14)11-26-20-21(6-7-24-18(10-21)19-12-25-19)28-17-9-15(23)4-5-16(17)27-20/h1-5,8-9,18-19,24-25,28H,6-7,10-12H2,(H,26,27). The van der Waals surface area contributed by atoms with E-state index in [9.17, 15) is 4.39 Å². The Bertz CT molecular complexity index is 929. The molecule has 4 N–H and O–H groups in total. The van der Waals surface area contributed by atoms with Crippen LogP contribution in [0.15, 0.2) is 47.5 Å². The summed E-state index contributed by atoms with van der Waals surface area (Å²) in [7, 11) is 0. The van der Waals surface area contributed by atoms with Crippen LogP contribution in [0, 0.1) is 5.82 Å². The SMILES string of the molecule is Fc1ccc2c(c1)NC1(CCNC(C3CN3)C1)C(=NCc1cccc(Cl)c1)N2. The summed E-state index contributed by atoms with van der Waals surface area (Å²) in [4.78, 5) is 4.95. The van der Waals surface area contributed by atoms with Crippen LogP contribution in [-0.2, 0) is 6.54 Å². The molecule has 3 heterocycles. The minimum atomic E-state index is -0.334. The highest BCUT2D eigenvalue weighted by atomic mass is 35.5. The Balaban J connectivity index is 1.49. The molecule has 7 heteroatoms. The second-order valence-electron chi connectivity index (χ2n) is 7.85. The fourth-order valence-corrected chi connectivity index (χ4v) is 4.49. The van der Waals surface area contributed by atoms with Crippen LogP contribution in [0.4, 0.5) is 15.8 Å². The van der Waals surface area contributed by atoms with Crippen molar-refractivity contribution < 1.29 is 4.39 Å². The molecule has 2 aromatic rings. The van der Waals surface area contributed by atoms with Gasteiger partial charge in [-0.2, -0.15) is 0 Å². The fourth-order valence-electron chi connectivity index (χ4n) is 4.28. The number of benzene rings is 2. The van der Waals surface area contributed by atoms with Crippen molar-refractivity contribution in [3.63, 3.8) is 0 Å². The lowest BCUT2D eigenvalue weighted by Gasteiger charge is -2.46. The van der Waals surface area contributed by atoms with Gasteiger partial charge in [0.2, 0.25) is 0 Å². The number of piperidine rings is 1. The molecule has 1 spiro atoms. The van der Waals surface area contributed by atoms with Crippen LogP contribution in [-0.4, -0.2) is 36.5 Å². The third kappa shape index (κ3) is 3.48. The minimum Gasteiger partial charge on any atom is -0.371 e. The predicted molar refractivity (Wildman–Crippen MR) is 112 cm³/mol. The van der Waals surface area contributed by atoms with Gasteiger partial charge in [0.15, 0.2) is 0 Å². The summed E-state index contributed by atoms with van der Waals surface area (Å²) in [5.41, 5.74) is 2.39.